The maximum Gasteiger partial charge on any atom is 0.254 e. The van der Waals surface area contributed by atoms with E-state index < -0.39 is 0 Å². The van der Waals surface area contributed by atoms with Crippen LogP contribution in [0.1, 0.15) is 28.9 Å². The van der Waals surface area contributed by atoms with E-state index in [4.69, 9.17) is 0 Å². The second-order valence-corrected chi connectivity index (χ2v) is 6.34. The molecule has 0 unspecified atom stereocenters. The van der Waals surface area contributed by atoms with Crippen molar-refractivity contribution in [2.45, 2.75) is 13.0 Å². The number of amides is 1. The first kappa shape index (κ1) is 17.6. The van der Waals surface area contributed by atoms with E-state index in [1.54, 1.807) is 24.3 Å². The van der Waals surface area contributed by atoms with E-state index in [-0.39, 0.29) is 11.9 Å². The van der Waals surface area contributed by atoms with Crippen LogP contribution in [-0.2, 0) is 0 Å². The third kappa shape index (κ3) is 3.56. The number of hydrogen-bond donors (Lipinski definition) is 1. The Morgan fingerprint density at radius 3 is 2.62 bits per heavy atom. The van der Waals surface area contributed by atoms with E-state index in [0.717, 1.165) is 11.1 Å². The van der Waals surface area contributed by atoms with Crippen LogP contribution in [0.25, 0.3) is 11.4 Å². The van der Waals surface area contributed by atoms with Crippen molar-refractivity contribution in [3.8, 4) is 11.4 Å². The van der Waals surface area contributed by atoms with Gasteiger partial charge in [0.25, 0.3) is 5.91 Å². The van der Waals surface area contributed by atoms with Crippen LogP contribution >= 0.6 is 0 Å². The van der Waals surface area contributed by atoms with Crippen LogP contribution in [0.15, 0.2) is 48.8 Å². The van der Waals surface area contributed by atoms with Crippen molar-refractivity contribution >= 4 is 11.9 Å². The van der Waals surface area contributed by atoms with Crippen LogP contribution in [0, 0.1) is 0 Å². The summed E-state index contributed by atoms with van der Waals surface area (Å²) in [4.78, 5) is 25.0. The molecule has 7 heteroatoms. The molecule has 0 fully saturated rings. The number of hydrogen-bond acceptors (Lipinski definition) is 5. The van der Waals surface area contributed by atoms with Gasteiger partial charge in [-0.15, -0.1) is 5.10 Å². The Kier molecular flexibility index (Phi) is 4.97. The molecule has 7 nitrogen and oxygen atoms in total. The van der Waals surface area contributed by atoms with Gasteiger partial charge >= 0.3 is 0 Å². The van der Waals surface area contributed by atoms with Gasteiger partial charge in [0.2, 0.25) is 5.95 Å². The summed E-state index contributed by atoms with van der Waals surface area (Å²) >= 11 is 0. The number of aromatic amines is 1. The summed E-state index contributed by atoms with van der Waals surface area (Å²) in [5.41, 5.74) is 2.41. The number of nitrogens with one attached hydrogen (secondary N) is 1. The lowest BCUT2D eigenvalue weighted by Gasteiger charge is -2.25. The number of H-pyrrole nitrogens is 1. The summed E-state index contributed by atoms with van der Waals surface area (Å²) in [6, 6.07) is 11.2. The monoisotopic (exact) mass is 350 g/mol. The van der Waals surface area contributed by atoms with Crippen LogP contribution in [0.2, 0.25) is 0 Å². The van der Waals surface area contributed by atoms with Crippen LogP contribution in [0.3, 0.4) is 0 Å². The second kappa shape index (κ2) is 7.35. The molecule has 0 aliphatic carbocycles. The van der Waals surface area contributed by atoms with Gasteiger partial charge < -0.3 is 9.80 Å². The standard InChI is InChI=1S/C19H22N6O/c1-13(16-9-6-10-20-12-16)25(4)18(26)15-8-5-7-14(11-15)17-21-19(23-22-17)24(2)3/h5-13H,1-4H3,(H,21,22,23)/t13-/m0/s1. The third-order valence-electron chi connectivity index (χ3n) is 4.32. The van der Waals surface area contributed by atoms with Gasteiger partial charge in [-0.3, -0.25) is 14.9 Å². The first-order valence-corrected chi connectivity index (χ1v) is 8.34. The van der Waals surface area contributed by atoms with Gasteiger partial charge in [-0.05, 0) is 30.7 Å². The first-order valence-electron chi connectivity index (χ1n) is 8.34. The Morgan fingerprint density at radius 1 is 1.15 bits per heavy atom. The Bertz CT molecular complexity index is 890. The van der Waals surface area contributed by atoms with Gasteiger partial charge in [0, 0.05) is 44.7 Å². The molecule has 0 saturated heterocycles. The van der Waals surface area contributed by atoms with Gasteiger partial charge in [-0.25, -0.2) is 0 Å². The van der Waals surface area contributed by atoms with E-state index in [1.165, 1.54) is 0 Å². The fourth-order valence-electron chi connectivity index (χ4n) is 2.61. The minimum absolute atomic E-state index is 0.0597. The molecule has 2 heterocycles. The molecule has 1 amide bonds. The molecule has 3 aromatic rings. The van der Waals surface area contributed by atoms with Gasteiger partial charge in [-0.2, -0.15) is 4.98 Å². The fraction of sp³-hybridized carbons (Fsp3) is 0.263. The summed E-state index contributed by atoms with van der Waals surface area (Å²) in [7, 11) is 5.55. The van der Waals surface area contributed by atoms with E-state index in [2.05, 4.69) is 20.2 Å². The fourth-order valence-corrected chi connectivity index (χ4v) is 2.61. The van der Waals surface area contributed by atoms with Crippen molar-refractivity contribution in [1.82, 2.24) is 25.1 Å². The number of carbonyl (C=O) groups is 1. The van der Waals surface area contributed by atoms with Gasteiger partial charge in [-0.1, -0.05) is 18.2 Å². The molecule has 1 N–H and O–H groups in total. The predicted molar refractivity (Wildman–Crippen MR) is 101 cm³/mol. The molecule has 0 aliphatic heterocycles. The number of benzene rings is 1. The topological polar surface area (TPSA) is 78.0 Å². The van der Waals surface area contributed by atoms with Crippen molar-refractivity contribution < 1.29 is 4.79 Å². The average Bonchev–Trinajstić information content (AvgIpc) is 3.17. The quantitative estimate of drug-likeness (QED) is 0.765. The molecule has 3 rings (SSSR count). The highest BCUT2D eigenvalue weighted by molar-refractivity contribution is 5.95. The second-order valence-electron chi connectivity index (χ2n) is 6.34. The van der Waals surface area contributed by atoms with E-state index in [9.17, 15) is 4.79 Å². The van der Waals surface area contributed by atoms with E-state index >= 15 is 0 Å². The minimum Gasteiger partial charge on any atom is -0.346 e. The summed E-state index contributed by atoms with van der Waals surface area (Å²) in [5.74, 6) is 1.17. The van der Waals surface area contributed by atoms with Gasteiger partial charge in [0.05, 0.1) is 6.04 Å². The zero-order valence-corrected chi connectivity index (χ0v) is 15.3. The molecule has 26 heavy (non-hydrogen) atoms. The Morgan fingerprint density at radius 2 is 1.96 bits per heavy atom. The lowest BCUT2D eigenvalue weighted by molar-refractivity contribution is 0.0742. The maximum absolute atomic E-state index is 12.9. The zero-order valence-electron chi connectivity index (χ0n) is 15.3. The zero-order chi connectivity index (χ0) is 18.7. The third-order valence-corrected chi connectivity index (χ3v) is 4.32. The number of anilines is 1. The minimum atomic E-state index is -0.0783. The maximum atomic E-state index is 12.9. The highest BCUT2D eigenvalue weighted by atomic mass is 16.2. The Labute approximate surface area is 152 Å². The SMILES string of the molecule is C[C@@H](c1cccnc1)N(C)C(=O)c1cccc(-c2nc(N(C)C)n[nH]2)c1. The van der Waals surface area contributed by atoms with Gasteiger partial charge in [0.1, 0.15) is 0 Å². The largest absolute Gasteiger partial charge is 0.346 e. The summed E-state index contributed by atoms with van der Waals surface area (Å²) in [6.07, 6.45) is 3.50. The van der Waals surface area contributed by atoms with Crippen molar-refractivity contribution in [2.75, 3.05) is 26.0 Å². The highest BCUT2D eigenvalue weighted by Crippen LogP contribution is 2.22. The average molecular weight is 350 g/mol. The van der Waals surface area contributed by atoms with Crippen LogP contribution in [-0.4, -0.2) is 52.1 Å². The normalized spacial score (nSPS) is 11.8. The number of aromatic nitrogens is 4. The lowest BCUT2D eigenvalue weighted by atomic mass is 10.1. The Balaban J connectivity index is 1.83. The smallest absolute Gasteiger partial charge is 0.254 e. The molecule has 0 saturated carbocycles. The number of pyridine rings is 1. The van der Waals surface area contributed by atoms with Crippen LogP contribution < -0.4 is 4.90 Å². The molecular weight excluding hydrogens is 328 g/mol. The number of nitrogens with zero attached hydrogens (tertiary/aromatic N) is 5. The van der Waals surface area contributed by atoms with Gasteiger partial charge in [0.15, 0.2) is 5.82 Å². The Hall–Kier alpha value is -3.22. The number of carbonyl (C=O) groups excluding carboxylic acids is 1. The molecule has 0 bridgehead atoms. The molecule has 0 aliphatic rings. The van der Waals surface area contributed by atoms with Crippen LogP contribution in [0.5, 0.6) is 0 Å². The predicted octanol–water partition coefficient (Wildman–Crippen LogP) is 2.77. The summed E-state index contributed by atoms with van der Waals surface area (Å²) in [5, 5.41) is 7.07. The van der Waals surface area contributed by atoms with E-state index in [1.807, 2.05) is 62.3 Å². The van der Waals surface area contributed by atoms with Crippen LogP contribution in [0.4, 0.5) is 5.95 Å². The summed E-state index contributed by atoms with van der Waals surface area (Å²) in [6.45, 7) is 1.98. The molecule has 1 aromatic carbocycles. The lowest BCUT2D eigenvalue weighted by Crippen LogP contribution is -2.29. The van der Waals surface area contributed by atoms with Crippen molar-refractivity contribution in [3.05, 3.63) is 59.9 Å². The molecule has 2 aromatic heterocycles. The first-order chi connectivity index (χ1) is 12.5. The highest BCUT2D eigenvalue weighted by Gasteiger charge is 2.20. The molecule has 0 radical (unpaired) electrons. The summed E-state index contributed by atoms with van der Waals surface area (Å²) < 4.78 is 0. The van der Waals surface area contributed by atoms with E-state index in [0.29, 0.717) is 17.3 Å². The molecule has 1 atom stereocenters. The molecular formula is C19H22N6O. The van der Waals surface area contributed by atoms with Crippen molar-refractivity contribution in [2.24, 2.45) is 0 Å². The molecule has 134 valence electrons. The van der Waals surface area contributed by atoms with Crippen molar-refractivity contribution in [1.29, 1.82) is 0 Å². The molecule has 0 spiro atoms. The number of rotatable bonds is 5. The van der Waals surface area contributed by atoms with Crippen molar-refractivity contribution in [3.63, 3.8) is 0 Å².